The molecule has 0 spiro atoms. The largest absolute Gasteiger partial charge is 0.345 e. The summed E-state index contributed by atoms with van der Waals surface area (Å²) in [7, 11) is 2.24. The van der Waals surface area contributed by atoms with Crippen LogP contribution in [0.3, 0.4) is 0 Å². The standard InChI is InChI=1S/C16H15Cl2N3/c1-20-5-7-21(8-6-20)16-11-4-2-3-10-12(17)9-13(18)15(19-16)14(10)11/h2-4,9H,5-8H2,1H3/p+1. The van der Waals surface area contributed by atoms with Crippen LogP contribution in [0.4, 0.5) is 5.69 Å². The van der Waals surface area contributed by atoms with E-state index in [-0.39, 0.29) is 0 Å². The van der Waals surface area contributed by atoms with Crippen LogP contribution in [0.15, 0.2) is 29.3 Å². The fraction of sp³-hybridized carbons (Fsp3) is 0.312. The van der Waals surface area contributed by atoms with Crippen LogP contribution in [-0.2, 0) is 0 Å². The molecule has 0 amide bonds. The quantitative estimate of drug-likeness (QED) is 0.790. The molecule has 2 aliphatic rings. The van der Waals surface area contributed by atoms with E-state index in [0.29, 0.717) is 10.0 Å². The van der Waals surface area contributed by atoms with E-state index in [1.54, 1.807) is 11.0 Å². The zero-order valence-corrected chi connectivity index (χ0v) is 13.3. The van der Waals surface area contributed by atoms with Gasteiger partial charge in [-0.1, -0.05) is 41.4 Å². The Kier molecular flexibility index (Phi) is 3.10. The average molecular weight is 321 g/mol. The van der Waals surface area contributed by atoms with E-state index in [4.69, 9.17) is 28.2 Å². The number of quaternary nitrogens is 1. The molecule has 0 unspecified atom stereocenters. The van der Waals surface area contributed by atoms with Gasteiger partial charge in [-0.2, -0.15) is 0 Å². The molecule has 2 heterocycles. The molecule has 1 saturated heterocycles. The van der Waals surface area contributed by atoms with E-state index in [9.17, 15) is 0 Å². The third kappa shape index (κ3) is 2.03. The van der Waals surface area contributed by atoms with Crippen molar-refractivity contribution < 1.29 is 4.90 Å². The molecule has 0 bridgehead atoms. The monoisotopic (exact) mass is 320 g/mol. The molecule has 4 rings (SSSR count). The number of benzene rings is 2. The maximum atomic E-state index is 6.36. The number of amidine groups is 1. The number of nitrogens with one attached hydrogen (secondary N) is 1. The first-order valence-corrected chi connectivity index (χ1v) is 7.97. The number of rotatable bonds is 0. The highest BCUT2D eigenvalue weighted by Gasteiger charge is 2.28. The van der Waals surface area contributed by atoms with Crippen molar-refractivity contribution in [2.24, 2.45) is 4.99 Å². The Morgan fingerprint density at radius 2 is 1.90 bits per heavy atom. The van der Waals surface area contributed by atoms with Crippen LogP contribution in [0.5, 0.6) is 0 Å². The number of likely N-dealkylation sites (N-methyl/N-ethyl adjacent to an activating group) is 1. The Morgan fingerprint density at radius 1 is 1.14 bits per heavy atom. The lowest BCUT2D eigenvalue weighted by atomic mass is 10.0. The third-order valence-electron chi connectivity index (χ3n) is 4.41. The van der Waals surface area contributed by atoms with Gasteiger partial charge in [0.05, 0.1) is 49.0 Å². The highest BCUT2D eigenvalue weighted by atomic mass is 35.5. The molecule has 0 saturated carbocycles. The Hall–Kier alpha value is -1.29. The summed E-state index contributed by atoms with van der Waals surface area (Å²) in [5.41, 5.74) is 2.03. The number of hydrogen-bond acceptors (Lipinski definition) is 2. The molecular formula is C16H16Cl2N3+. The molecule has 21 heavy (non-hydrogen) atoms. The fourth-order valence-corrected chi connectivity index (χ4v) is 3.75. The molecule has 0 aromatic heterocycles. The Labute approximate surface area is 133 Å². The molecule has 0 radical (unpaired) electrons. The second kappa shape index (κ2) is 4.87. The zero-order valence-electron chi connectivity index (χ0n) is 11.8. The van der Waals surface area contributed by atoms with Gasteiger partial charge in [-0.15, -0.1) is 0 Å². The molecule has 0 aliphatic carbocycles. The van der Waals surface area contributed by atoms with Gasteiger partial charge in [0.1, 0.15) is 5.84 Å². The van der Waals surface area contributed by atoms with E-state index in [0.717, 1.165) is 54.0 Å². The van der Waals surface area contributed by atoms with Crippen LogP contribution >= 0.6 is 23.2 Å². The molecule has 1 N–H and O–H groups in total. The normalized spacial score (nSPS) is 18.4. The lowest BCUT2D eigenvalue weighted by Gasteiger charge is -2.31. The Balaban J connectivity index is 1.86. The minimum Gasteiger partial charge on any atom is -0.345 e. The first-order valence-electron chi connectivity index (χ1n) is 7.21. The van der Waals surface area contributed by atoms with Gasteiger partial charge in [0, 0.05) is 16.3 Å². The van der Waals surface area contributed by atoms with Crippen LogP contribution in [0.2, 0.25) is 10.0 Å². The van der Waals surface area contributed by atoms with Gasteiger partial charge in [-0.3, -0.25) is 0 Å². The molecule has 1 fully saturated rings. The molecule has 5 heteroatoms. The van der Waals surface area contributed by atoms with Gasteiger partial charge in [0.15, 0.2) is 0 Å². The van der Waals surface area contributed by atoms with Crippen molar-refractivity contribution >= 4 is 45.5 Å². The summed E-state index contributed by atoms with van der Waals surface area (Å²) in [6, 6.07) is 8.00. The first-order chi connectivity index (χ1) is 10.1. The Morgan fingerprint density at radius 3 is 2.67 bits per heavy atom. The van der Waals surface area contributed by atoms with Crippen molar-refractivity contribution in [3.63, 3.8) is 0 Å². The van der Waals surface area contributed by atoms with Crippen molar-refractivity contribution in [2.75, 3.05) is 33.2 Å². The molecule has 2 aromatic rings. The van der Waals surface area contributed by atoms with E-state index in [1.165, 1.54) is 0 Å². The van der Waals surface area contributed by atoms with Crippen LogP contribution in [0.25, 0.3) is 10.8 Å². The van der Waals surface area contributed by atoms with Gasteiger partial charge in [0.25, 0.3) is 0 Å². The number of hydrogen-bond donors (Lipinski definition) is 1. The summed E-state index contributed by atoms with van der Waals surface area (Å²) in [6.45, 7) is 4.33. The van der Waals surface area contributed by atoms with E-state index < -0.39 is 0 Å². The van der Waals surface area contributed by atoms with Crippen molar-refractivity contribution in [1.82, 2.24) is 4.90 Å². The van der Waals surface area contributed by atoms with Gasteiger partial charge in [-0.05, 0) is 6.07 Å². The van der Waals surface area contributed by atoms with Crippen molar-refractivity contribution in [2.45, 2.75) is 0 Å². The minimum atomic E-state index is 0.634. The van der Waals surface area contributed by atoms with Crippen LogP contribution in [-0.4, -0.2) is 44.0 Å². The lowest BCUT2D eigenvalue weighted by Crippen LogP contribution is -3.12. The fourth-order valence-electron chi connectivity index (χ4n) is 3.19. The summed E-state index contributed by atoms with van der Waals surface area (Å²) >= 11 is 12.7. The topological polar surface area (TPSA) is 20.0 Å². The average Bonchev–Trinajstić information content (AvgIpc) is 2.87. The van der Waals surface area contributed by atoms with Crippen molar-refractivity contribution in [3.05, 3.63) is 39.9 Å². The molecule has 108 valence electrons. The lowest BCUT2D eigenvalue weighted by molar-refractivity contribution is -0.883. The molecule has 0 atom stereocenters. The second-order valence-corrected chi connectivity index (χ2v) is 6.61. The van der Waals surface area contributed by atoms with Crippen molar-refractivity contribution in [1.29, 1.82) is 0 Å². The SMILES string of the molecule is C[NH+]1CCN(C2=Nc3c(Cl)cc(Cl)c4cccc2c34)CC1. The molecule has 3 nitrogen and oxygen atoms in total. The first kappa shape index (κ1) is 13.4. The highest BCUT2D eigenvalue weighted by molar-refractivity contribution is 6.42. The maximum Gasteiger partial charge on any atom is 0.137 e. The van der Waals surface area contributed by atoms with E-state index in [2.05, 4.69) is 18.0 Å². The molecule has 2 aromatic carbocycles. The molecule has 2 aliphatic heterocycles. The summed E-state index contributed by atoms with van der Waals surface area (Å²) in [6.07, 6.45) is 0. The predicted molar refractivity (Wildman–Crippen MR) is 88.4 cm³/mol. The van der Waals surface area contributed by atoms with Gasteiger partial charge in [-0.25, -0.2) is 4.99 Å². The molecular weight excluding hydrogens is 305 g/mol. The Bertz CT molecular complexity index is 762. The number of piperazine rings is 1. The minimum absolute atomic E-state index is 0.634. The van der Waals surface area contributed by atoms with Crippen LogP contribution in [0, 0.1) is 0 Å². The van der Waals surface area contributed by atoms with Crippen LogP contribution < -0.4 is 4.90 Å². The third-order valence-corrected chi connectivity index (χ3v) is 5.01. The summed E-state index contributed by atoms with van der Waals surface area (Å²) in [5, 5.41) is 3.46. The predicted octanol–water partition coefficient (Wildman–Crippen LogP) is 2.37. The van der Waals surface area contributed by atoms with Crippen LogP contribution in [0.1, 0.15) is 5.56 Å². The number of halogens is 2. The smallest absolute Gasteiger partial charge is 0.137 e. The van der Waals surface area contributed by atoms with Gasteiger partial charge < -0.3 is 9.80 Å². The van der Waals surface area contributed by atoms with E-state index >= 15 is 0 Å². The number of aliphatic imine (C=N–C) groups is 1. The van der Waals surface area contributed by atoms with Gasteiger partial charge >= 0.3 is 0 Å². The van der Waals surface area contributed by atoms with Crippen molar-refractivity contribution in [3.8, 4) is 0 Å². The summed E-state index contributed by atoms with van der Waals surface area (Å²) in [4.78, 5) is 8.77. The second-order valence-electron chi connectivity index (χ2n) is 5.80. The summed E-state index contributed by atoms with van der Waals surface area (Å²) < 4.78 is 0. The van der Waals surface area contributed by atoms with Gasteiger partial charge in [0.2, 0.25) is 0 Å². The maximum absolute atomic E-state index is 6.36. The van der Waals surface area contributed by atoms with E-state index in [1.807, 2.05) is 12.1 Å². The number of nitrogens with zero attached hydrogens (tertiary/aromatic N) is 2. The summed E-state index contributed by atoms with van der Waals surface area (Å²) in [5.74, 6) is 1.05. The highest BCUT2D eigenvalue weighted by Crippen LogP contribution is 2.44. The zero-order chi connectivity index (χ0) is 14.6.